The second-order valence-corrected chi connectivity index (χ2v) is 4.49. The summed E-state index contributed by atoms with van der Waals surface area (Å²) in [6.45, 7) is 7.56. The predicted octanol–water partition coefficient (Wildman–Crippen LogP) is 1.95. The molecular formula is C13H21NO2. The van der Waals surface area contributed by atoms with Crippen LogP contribution in [0.1, 0.15) is 26.3 Å². The molecule has 1 aromatic rings. The monoisotopic (exact) mass is 223 g/mol. The molecule has 90 valence electrons. The summed E-state index contributed by atoms with van der Waals surface area (Å²) in [5.41, 5.74) is 0.319. The molecule has 2 N–H and O–H groups in total. The Hall–Kier alpha value is -1.06. The number of benzene rings is 1. The van der Waals surface area contributed by atoms with Gasteiger partial charge >= 0.3 is 0 Å². The molecule has 0 bridgehead atoms. The van der Waals surface area contributed by atoms with Crippen molar-refractivity contribution >= 4 is 0 Å². The van der Waals surface area contributed by atoms with Gasteiger partial charge in [0.2, 0.25) is 0 Å². The van der Waals surface area contributed by atoms with Crippen molar-refractivity contribution in [3.8, 4) is 5.75 Å². The standard InChI is InChI=1S/C13H21NO2/c1-4-14-9-11-7-5-6-8-12(11)16-10-13(2,3)15/h5-8,14-15H,4,9-10H2,1-3H3. The van der Waals surface area contributed by atoms with Crippen molar-refractivity contribution in [3.05, 3.63) is 29.8 Å². The lowest BCUT2D eigenvalue weighted by Crippen LogP contribution is -2.28. The van der Waals surface area contributed by atoms with Crippen molar-refractivity contribution in [3.63, 3.8) is 0 Å². The summed E-state index contributed by atoms with van der Waals surface area (Å²) in [7, 11) is 0. The van der Waals surface area contributed by atoms with Crippen LogP contribution >= 0.6 is 0 Å². The highest BCUT2D eigenvalue weighted by Gasteiger charge is 2.14. The van der Waals surface area contributed by atoms with Crippen LogP contribution in [0.25, 0.3) is 0 Å². The number of hydrogen-bond donors (Lipinski definition) is 2. The third kappa shape index (κ3) is 4.64. The van der Waals surface area contributed by atoms with Gasteiger partial charge in [0.05, 0.1) is 5.60 Å². The molecule has 0 heterocycles. The molecule has 1 aromatic carbocycles. The summed E-state index contributed by atoms with van der Waals surface area (Å²) in [5.74, 6) is 0.838. The molecule has 0 aromatic heterocycles. The quantitative estimate of drug-likeness (QED) is 0.774. The molecule has 0 aliphatic carbocycles. The van der Waals surface area contributed by atoms with Crippen LogP contribution in [-0.4, -0.2) is 23.9 Å². The van der Waals surface area contributed by atoms with E-state index in [0.29, 0.717) is 6.61 Å². The molecule has 0 saturated carbocycles. The number of para-hydroxylation sites is 1. The van der Waals surface area contributed by atoms with E-state index < -0.39 is 5.60 Å². The van der Waals surface area contributed by atoms with E-state index in [-0.39, 0.29) is 0 Å². The second-order valence-electron chi connectivity index (χ2n) is 4.49. The molecule has 0 unspecified atom stereocenters. The SMILES string of the molecule is CCNCc1ccccc1OCC(C)(C)O. The van der Waals surface area contributed by atoms with Gasteiger partial charge in [-0.05, 0) is 26.5 Å². The highest BCUT2D eigenvalue weighted by molar-refractivity contribution is 5.33. The van der Waals surface area contributed by atoms with E-state index in [9.17, 15) is 5.11 Å². The largest absolute Gasteiger partial charge is 0.490 e. The topological polar surface area (TPSA) is 41.5 Å². The van der Waals surface area contributed by atoms with Crippen molar-refractivity contribution in [1.82, 2.24) is 5.32 Å². The summed E-state index contributed by atoms with van der Waals surface area (Å²) < 4.78 is 5.61. The van der Waals surface area contributed by atoms with Gasteiger partial charge in [-0.1, -0.05) is 25.1 Å². The van der Waals surface area contributed by atoms with Gasteiger partial charge in [0.25, 0.3) is 0 Å². The van der Waals surface area contributed by atoms with Gasteiger partial charge in [-0.2, -0.15) is 0 Å². The van der Waals surface area contributed by atoms with Crippen LogP contribution in [0.15, 0.2) is 24.3 Å². The summed E-state index contributed by atoms with van der Waals surface area (Å²) in [5, 5.41) is 12.9. The Morgan fingerprint density at radius 1 is 1.31 bits per heavy atom. The highest BCUT2D eigenvalue weighted by atomic mass is 16.5. The fourth-order valence-electron chi connectivity index (χ4n) is 1.30. The minimum absolute atomic E-state index is 0.302. The van der Waals surface area contributed by atoms with E-state index >= 15 is 0 Å². The first-order valence-corrected chi connectivity index (χ1v) is 5.67. The summed E-state index contributed by atoms with van der Waals surface area (Å²) in [6, 6.07) is 7.89. The van der Waals surface area contributed by atoms with Crippen LogP contribution in [0.2, 0.25) is 0 Å². The Bertz CT molecular complexity index is 318. The van der Waals surface area contributed by atoms with Crippen LogP contribution in [-0.2, 0) is 6.54 Å². The zero-order chi connectivity index (χ0) is 12.0. The third-order valence-electron chi connectivity index (χ3n) is 2.12. The predicted molar refractivity (Wildman–Crippen MR) is 65.6 cm³/mol. The molecule has 0 fully saturated rings. The highest BCUT2D eigenvalue weighted by Crippen LogP contribution is 2.19. The van der Waals surface area contributed by atoms with E-state index in [1.807, 2.05) is 24.3 Å². The molecule has 0 radical (unpaired) electrons. The van der Waals surface area contributed by atoms with Crippen molar-refractivity contribution < 1.29 is 9.84 Å². The Balaban J connectivity index is 2.63. The zero-order valence-electron chi connectivity index (χ0n) is 10.3. The number of hydrogen-bond acceptors (Lipinski definition) is 3. The first-order valence-electron chi connectivity index (χ1n) is 5.67. The molecule has 1 rings (SSSR count). The van der Waals surface area contributed by atoms with E-state index in [1.54, 1.807) is 13.8 Å². The summed E-state index contributed by atoms with van der Waals surface area (Å²) >= 11 is 0. The van der Waals surface area contributed by atoms with E-state index in [2.05, 4.69) is 12.2 Å². The number of aliphatic hydroxyl groups is 1. The first-order chi connectivity index (χ1) is 7.53. The fraction of sp³-hybridized carbons (Fsp3) is 0.538. The summed E-state index contributed by atoms with van der Waals surface area (Å²) in [6.07, 6.45) is 0. The minimum atomic E-state index is -0.800. The van der Waals surface area contributed by atoms with Crippen molar-refractivity contribution in [2.75, 3.05) is 13.2 Å². The molecule has 16 heavy (non-hydrogen) atoms. The van der Waals surface area contributed by atoms with Crippen LogP contribution in [0.5, 0.6) is 5.75 Å². The maximum absolute atomic E-state index is 9.61. The fourth-order valence-corrected chi connectivity index (χ4v) is 1.30. The average molecular weight is 223 g/mol. The lowest BCUT2D eigenvalue weighted by Gasteiger charge is -2.19. The normalized spacial score (nSPS) is 11.5. The third-order valence-corrected chi connectivity index (χ3v) is 2.12. The zero-order valence-corrected chi connectivity index (χ0v) is 10.3. The molecule has 0 atom stereocenters. The van der Waals surface area contributed by atoms with E-state index in [0.717, 1.165) is 24.4 Å². The molecule has 3 nitrogen and oxygen atoms in total. The van der Waals surface area contributed by atoms with Crippen LogP contribution in [0.3, 0.4) is 0 Å². The molecule has 0 amide bonds. The molecule has 0 aliphatic heterocycles. The lowest BCUT2D eigenvalue weighted by atomic mass is 10.1. The van der Waals surface area contributed by atoms with Gasteiger partial charge in [0.1, 0.15) is 12.4 Å². The van der Waals surface area contributed by atoms with Gasteiger partial charge < -0.3 is 15.2 Å². The second kappa shape index (κ2) is 5.87. The van der Waals surface area contributed by atoms with Gasteiger partial charge in [-0.15, -0.1) is 0 Å². The Morgan fingerprint density at radius 2 is 2.00 bits per heavy atom. The van der Waals surface area contributed by atoms with Gasteiger partial charge in [-0.25, -0.2) is 0 Å². The van der Waals surface area contributed by atoms with Crippen molar-refractivity contribution in [2.24, 2.45) is 0 Å². The Labute approximate surface area is 97.4 Å². The number of ether oxygens (including phenoxy) is 1. The van der Waals surface area contributed by atoms with Crippen LogP contribution < -0.4 is 10.1 Å². The van der Waals surface area contributed by atoms with Crippen LogP contribution in [0.4, 0.5) is 0 Å². The lowest BCUT2D eigenvalue weighted by molar-refractivity contribution is 0.0281. The number of nitrogens with one attached hydrogen (secondary N) is 1. The molecular weight excluding hydrogens is 202 g/mol. The van der Waals surface area contributed by atoms with Crippen LogP contribution in [0, 0.1) is 0 Å². The molecule has 0 aliphatic rings. The van der Waals surface area contributed by atoms with Crippen molar-refractivity contribution in [2.45, 2.75) is 32.9 Å². The molecule has 0 spiro atoms. The molecule has 0 saturated heterocycles. The van der Waals surface area contributed by atoms with Gasteiger partial charge in [0.15, 0.2) is 0 Å². The Kier molecular flexibility index (Phi) is 4.77. The first kappa shape index (κ1) is 13.0. The van der Waals surface area contributed by atoms with Gasteiger partial charge in [-0.3, -0.25) is 0 Å². The number of rotatable bonds is 6. The molecule has 3 heteroatoms. The van der Waals surface area contributed by atoms with E-state index in [4.69, 9.17) is 4.74 Å². The average Bonchev–Trinajstić information content (AvgIpc) is 2.23. The minimum Gasteiger partial charge on any atom is -0.490 e. The maximum Gasteiger partial charge on any atom is 0.123 e. The smallest absolute Gasteiger partial charge is 0.123 e. The Morgan fingerprint density at radius 3 is 2.62 bits per heavy atom. The van der Waals surface area contributed by atoms with Crippen molar-refractivity contribution in [1.29, 1.82) is 0 Å². The maximum atomic E-state index is 9.61. The van der Waals surface area contributed by atoms with Gasteiger partial charge in [0, 0.05) is 12.1 Å². The van der Waals surface area contributed by atoms with E-state index in [1.165, 1.54) is 0 Å². The summed E-state index contributed by atoms with van der Waals surface area (Å²) in [4.78, 5) is 0.